The maximum absolute atomic E-state index is 11.9. The smallest absolute Gasteiger partial charge is 0.303 e. The number of hydrogen-bond acceptors (Lipinski definition) is 3. The summed E-state index contributed by atoms with van der Waals surface area (Å²) in [7, 11) is 0. The molecular weight excluding hydrogens is 246 g/mol. The van der Waals surface area contributed by atoms with E-state index in [-0.39, 0.29) is 36.6 Å². The van der Waals surface area contributed by atoms with Gasteiger partial charge in [0.15, 0.2) is 0 Å². The molecule has 0 bridgehead atoms. The number of carboxylic acid groups (broad SMARTS) is 1. The average Bonchev–Trinajstić information content (AvgIpc) is 2.21. The summed E-state index contributed by atoms with van der Waals surface area (Å²) in [6.45, 7) is 6.15. The predicted octanol–water partition coefficient (Wildman–Crippen LogP) is 1.91. The molecule has 5 heteroatoms. The Morgan fingerprint density at radius 2 is 1.84 bits per heavy atom. The largest absolute Gasteiger partial charge is 0.481 e. The van der Waals surface area contributed by atoms with Crippen LogP contribution in [0.25, 0.3) is 0 Å². The molecule has 1 saturated heterocycles. The molecule has 108 valence electrons. The minimum absolute atomic E-state index is 0.00476. The van der Waals surface area contributed by atoms with E-state index in [1.165, 1.54) is 4.90 Å². The summed E-state index contributed by atoms with van der Waals surface area (Å²) in [6, 6.07) is 0. The minimum atomic E-state index is -0.879. The second-order valence-corrected chi connectivity index (χ2v) is 6.00. The van der Waals surface area contributed by atoms with Crippen molar-refractivity contribution >= 4 is 17.8 Å². The Balaban J connectivity index is 2.68. The minimum Gasteiger partial charge on any atom is -0.481 e. The number of carbonyl (C=O) groups excluding carboxylic acids is 2. The van der Waals surface area contributed by atoms with E-state index < -0.39 is 5.97 Å². The van der Waals surface area contributed by atoms with Crippen LogP contribution >= 0.6 is 0 Å². The zero-order chi connectivity index (χ0) is 14.6. The molecule has 1 aliphatic heterocycles. The van der Waals surface area contributed by atoms with Crippen molar-refractivity contribution in [1.29, 1.82) is 0 Å². The van der Waals surface area contributed by atoms with Crippen LogP contribution in [-0.2, 0) is 14.4 Å². The van der Waals surface area contributed by atoms with Gasteiger partial charge < -0.3 is 5.11 Å². The van der Waals surface area contributed by atoms with Gasteiger partial charge in [-0.25, -0.2) is 0 Å². The van der Waals surface area contributed by atoms with Crippen LogP contribution in [0.4, 0.5) is 0 Å². The van der Waals surface area contributed by atoms with Gasteiger partial charge >= 0.3 is 5.97 Å². The lowest BCUT2D eigenvalue weighted by molar-refractivity contribution is -0.152. The van der Waals surface area contributed by atoms with Gasteiger partial charge in [0.1, 0.15) is 0 Å². The van der Waals surface area contributed by atoms with Gasteiger partial charge in [0, 0.05) is 25.8 Å². The summed E-state index contributed by atoms with van der Waals surface area (Å²) >= 11 is 0. The van der Waals surface area contributed by atoms with Crippen LogP contribution in [0, 0.1) is 17.8 Å². The van der Waals surface area contributed by atoms with E-state index in [0.717, 1.165) is 0 Å². The molecule has 2 amide bonds. The Kier molecular flexibility index (Phi) is 5.51. The zero-order valence-electron chi connectivity index (χ0n) is 11.9. The molecule has 1 rings (SSSR count). The number of carbonyl (C=O) groups is 3. The first-order valence-corrected chi connectivity index (χ1v) is 6.84. The Morgan fingerprint density at radius 1 is 1.32 bits per heavy atom. The first-order chi connectivity index (χ1) is 8.79. The van der Waals surface area contributed by atoms with Crippen LogP contribution in [0.15, 0.2) is 0 Å². The zero-order valence-corrected chi connectivity index (χ0v) is 11.9. The molecule has 0 aromatic heterocycles. The number of carboxylic acids is 1. The first-order valence-electron chi connectivity index (χ1n) is 6.84. The maximum atomic E-state index is 11.9. The predicted molar refractivity (Wildman–Crippen MR) is 70.3 cm³/mol. The van der Waals surface area contributed by atoms with Crippen LogP contribution in [-0.4, -0.2) is 34.3 Å². The van der Waals surface area contributed by atoms with E-state index in [1.807, 2.05) is 20.8 Å². The van der Waals surface area contributed by atoms with Crippen molar-refractivity contribution < 1.29 is 19.5 Å². The molecule has 1 heterocycles. The number of rotatable bonds is 6. The van der Waals surface area contributed by atoms with Gasteiger partial charge in [0.2, 0.25) is 11.8 Å². The third-order valence-electron chi connectivity index (χ3n) is 3.36. The number of aliphatic carboxylic acids is 1. The van der Waals surface area contributed by atoms with Crippen LogP contribution < -0.4 is 0 Å². The number of nitrogens with zero attached hydrogens (tertiary/aromatic N) is 1. The molecule has 1 N–H and O–H groups in total. The van der Waals surface area contributed by atoms with Crippen molar-refractivity contribution in [3.05, 3.63) is 0 Å². The third-order valence-corrected chi connectivity index (χ3v) is 3.36. The summed E-state index contributed by atoms with van der Waals surface area (Å²) in [5, 5.41) is 8.91. The fourth-order valence-corrected chi connectivity index (χ4v) is 2.63. The van der Waals surface area contributed by atoms with Crippen molar-refractivity contribution in [2.45, 2.75) is 46.5 Å². The van der Waals surface area contributed by atoms with E-state index in [9.17, 15) is 14.4 Å². The third kappa shape index (κ3) is 5.01. The standard InChI is InChI=1S/C14H23NO4/c1-9(2)4-11(7-14(18)19)8-15-12(16)5-10(3)6-13(15)17/h9-11H,4-8H2,1-3H3,(H,18,19). The van der Waals surface area contributed by atoms with Gasteiger partial charge in [-0.1, -0.05) is 20.8 Å². The maximum Gasteiger partial charge on any atom is 0.303 e. The Labute approximate surface area is 114 Å². The molecule has 0 aromatic carbocycles. The highest BCUT2D eigenvalue weighted by molar-refractivity contribution is 5.97. The molecule has 1 fully saturated rings. The average molecular weight is 269 g/mol. The van der Waals surface area contributed by atoms with Gasteiger partial charge in [0.25, 0.3) is 0 Å². The molecular formula is C14H23NO4. The highest BCUT2D eigenvalue weighted by Gasteiger charge is 2.32. The summed E-state index contributed by atoms with van der Waals surface area (Å²) in [4.78, 5) is 35.9. The second-order valence-electron chi connectivity index (χ2n) is 6.00. The SMILES string of the molecule is CC(C)CC(CC(=O)O)CN1C(=O)CC(C)CC1=O. The van der Waals surface area contributed by atoms with E-state index in [0.29, 0.717) is 25.2 Å². The molecule has 0 radical (unpaired) electrons. The van der Waals surface area contributed by atoms with Gasteiger partial charge in [-0.3, -0.25) is 19.3 Å². The number of piperidine rings is 1. The highest BCUT2D eigenvalue weighted by Crippen LogP contribution is 2.23. The number of imide groups is 1. The van der Waals surface area contributed by atoms with E-state index >= 15 is 0 Å². The molecule has 1 unspecified atom stereocenters. The lowest BCUT2D eigenvalue weighted by atomic mass is 9.91. The van der Waals surface area contributed by atoms with Crippen molar-refractivity contribution in [3.8, 4) is 0 Å². The van der Waals surface area contributed by atoms with E-state index in [2.05, 4.69) is 0 Å². The van der Waals surface area contributed by atoms with Crippen molar-refractivity contribution in [1.82, 2.24) is 4.90 Å². The molecule has 1 aliphatic rings. The van der Waals surface area contributed by atoms with E-state index in [1.54, 1.807) is 0 Å². The first kappa shape index (κ1) is 15.7. The summed E-state index contributed by atoms with van der Waals surface area (Å²) in [5.41, 5.74) is 0. The lowest BCUT2D eigenvalue weighted by Gasteiger charge is -2.31. The highest BCUT2D eigenvalue weighted by atomic mass is 16.4. The quantitative estimate of drug-likeness (QED) is 0.747. The molecule has 0 aliphatic carbocycles. The number of hydrogen-bond donors (Lipinski definition) is 1. The fourth-order valence-electron chi connectivity index (χ4n) is 2.63. The van der Waals surface area contributed by atoms with Gasteiger partial charge in [0.05, 0.1) is 0 Å². The molecule has 5 nitrogen and oxygen atoms in total. The van der Waals surface area contributed by atoms with Crippen LogP contribution in [0.3, 0.4) is 0 Å². The molecule has 1 atom stereocenters. The number of likely N-dealkylation sites (tertiary alicyclic amines) is 1. The molecule has 0 aromatic rings. The second kappa shape index (κ2) is 6.68. The van der Waals surface area contributed by atoms with Crippen molar-refractivity contribution in [2.24, 2.45) is 17.8 Å². The van der Waals surface area contributed by atoms with Gasteiger partial charge in [-0.15, -0.1) is 0 Å². The molecule has 0 spiro atoms. The van der Waals surface area contributed by atoms with Crippen molar-refractivity contribution in [3.63, 3.8) is 0 Å². The van der Waals surface area contributed by atoms with Crippen LogP contribution in [0.5, 0.6) is 0 Å². The Morgan fingerprint density at radius 3 is 2.26 bits per heavy atom. The van der Waals surface area contributed by atoms with Crippen molar-refractivity contribution in [2.75, 3.05) is 6.54 Å². The van der Waals surface area contributed by atoms with Crippen LogP contribution in [0.1, 0.15) is 46.5 Å². The summed E-state index contributed by atoms with van der Waals surface area (Å²) < 4.78 is 0. The monoisotopic (exact) mass is 269 g/mol. The fraction of sp³-hybridized carbons (Fsp3) is 0.786. The molecule has 0 saturated carbocycles. The van der Waals surface area contributed by atoms with Gasteiger partial charge in [-0.2, -0.15) is 0 Å². The summed E-state index contributed by atoms with van der Waals surface area (Å²) in [6.07, 6.45) is 1.48. The number of amides is 2. The van der Waals surface area contributed by atoms with Gasteiger partial charge in [-0.05, 0) is 24.2 Å². The van der Waals surface area contributed by atoms with E-state index in [4.69, 9.17) is 5.11 Å². The lowest BCUT2D eigenvalue weighted by Crippen LogP contribution is -2.45. The molecule has 19 heavy (non-hydrogen) atoms. The Bertz CT molecular complexity index is 346. The normalized spacial score (nSPS) is 19.1. The summed E-state index contributed by atoms with van der Waals surface area (Å²) in [5.74, 6) is -0.918. The Hall–Kier alpha value is -1.39. The topological polar surface area (TPSA) is 74.7 Å². The van der Waals surface area contributed by atoms with Crippen LogP contribution in [0.2, 0.25) is 0 Å².